The van der Waals surface area contributed by atoms with Gasteiger partial charge in [-0.1, -0.05) is 0 Å². The predicted molar refractivity (Wildman–Crippen MR) is 47.6 cm³/mol. The molecular weight excluding hydrogens is 206 g/mol. The van der Waals surface area contributed by atoms with Gasteiger partial charge in [0.1, 0.15) is 24.4 Å². The fraction of sp³-hybridized carbons (Fsp3) is 0.875. The second-order valence-electron chi connectivity index (χ2n) is 3.46. The van der Waals surface area contributed by atoms with E-state index < -0.39 is 43.2 Å². The predicted octanol–water partition coefficient (Wildman–Crippen LogP) is -3.08. The van der Waals surface area contributed by atoms with Gasteiger partial charge in [-0.3, -0.25) is 4.79 Å². The SMILES string of the molecule is CC(=O)N[C@H]1[C@H](O)[C@H](O)[C@@H](CO)O[C@H]1O. The van der Waals surface area contributed by atoms with Crippen LogP contribution in [0.25, 0.3) is 0 Å². The summed E-state index contributed by atoms with van der Waals surface area (Å²) in [6, 6.07) is -1.10. The summed E-state index contributed by atoms with van der Waals surface area (Å²) in [4.78, 5) is 10.7. The Labute approximate surface area is 86.3 Å². The Balaban J connectivity index is 2.70. The van der Waals surface area contributed by atoms with E-state index in [9.17, 15) is 20.1 Å². The molecular formula is C8H15NO6. The van der Waals surface area contributed by atoms with Gasteiger partial charge in [-0.05, 0) is 0 Å². The third kappa shape index (κ3) is 2.64. The van der Waals surface area contributed by atoms with Gasteiger partial charge in [-0.15, -0.1) is 0 Å². The molecule has 1 amide bonds. The Morgan fingerprint density at radius 2 is 1.93 bits per heavy atom. The maximum atomic E-state index is 10.7. The highest BCUT2D eigenvalue weighted by Crippen LogP contribution is 2.19. The molecule has 0 aliphatic carbocycles. The van der Waals surface area contributed by atoms with Crippen molar-refractivity contribution in [2.45, 2.75) is 37.6 Å². The van der Waals surface area contributed by atoms with Crippen molar-refractivity contribution >= 4 is 5.91 Å². The average molecular weight is 221 g/mol. The first-order chi connectivity index (χ1) is 6.97. The fourth-order valence-corrected chi connectivity index (χ4v) is 1.49. The molecule has 0 aromatic heterocycles. The van der Waals surface area contributed by atoms with E-state index in [0.717, 1.165) is 0 Å². The van der Waals surface area contributed by atoms with Crippen LogP contribution in [0.4, 0.5) is 0 Å². The minimum Gasteiger partial charge on any atom is -0.394 e. The van der Waals surface area contributed by atoms with E-state index >= 15 is 0 Å². The van der Waals surface area contributed by atoms with Gasteiger partial charge in [0.25, 0.3) is 0 Å². The second-order valence-corrected chi connectivity index (χ2v) is 3.46. The lowest BCUT2D eigenvalue weighted by Crippen LogP contribution is -2.63. The number of hydrogen-bond donors (Lipinski definition) is 5. The summed E-state index contributed by atoms with van der Waals surface area (Å²) in [5.41, 5.74) is 0. The van der Waals surface area contributed by atoms with Crippen LogP contribution in [0.3, 0.4) is 0 Å². The molecule has 1 rings (SSSR count). The summed E-state index contributed by atoms with van der Waals surface area (Å²) >= 11 is 0. The van der Waals surface area contributed by atoms with Crippen molar-refractivity contribution in [1.29, 1.82) is 0 Å². The first-order valence-electron chi connectivity index (χ1n) is 4.55. The number of ether oxygens (including phenoxy) is 1. The topological polar surface area (TPSA) is 119 Å². The standard InChI is InChI=1S/C8H15NO6/c1-3(11)9-5-7(13)6(12)4(2-10)15-8(5)14/h4-8,10,12-14H,2H2,1H3,(H,9,11)/t4-,5+,6-,7+,8-/m1/s1. The van der Waals surface area contributed by atoms with E-state index in [-0.39, 0.29) is 0 Å². The van der Waals surface area contributed by atoms with Crippen LogP contribution in [0.5, 0.6) is 0 Å². The number of aliphatic hydroxyl groups excluding tert-OH is 4. The van der Waals surface area contributed by atoms with E-state index in [4.69, 9.17) is 9.84 Å². The van der Waals surface area contributed by atoms with Crippen LogP contribution in [0.15, 0.2) is 0 Å². The van der Waals surface area contributed by atoms with Gasteiger partial charge in [0, 0.05) is 6.92 Å². The number of carbonyl (C=O) groups is 1. The Morgan fingerprint density at radius 1 is 1.33 bits per heavy atom. The van der Waals surface area contributed by atoms with Crippen LogP contribution in [0, 0.1) is 0 Å². The minimum atomic E-state index is -1.45. The third-order valence-corrected chi connectivity index (χ3v) is 2.27. The smallest absolute Gasteiger partial charge is 0.217 e. The molecule has 0 saturated carbocycles. The molecule has 0 unspecified atom stereocenters. The van der Waals surface area contributed by atoms with Crippen molar-refractivity contribution in [2.24, 2.45) is 0 Å². The van der Waals surface area contributed by atoms with Crippen molar-refractivity contribution in [3.05, 3.63) is 0 Å². The van der Waals surface area contributed by atoms with Crippen molar-refractivity contribution in [1.82, 2.24) is 5.32 Å². The molecule has 0 aromatic rings. The molecule has 5 N–H and O–H groups in total. The van der Waals surface area contributed by atoms with Crippen molar-refractivity contribution in [3.63, 3.8) is 0 Å². The lowest BCUT2D eigenvalue weighted by Gasteiger charge is -2.40. The number of nitrogens with one attached hydrogen (secondary N) is 1. The van der Waals surface area contributed by atoms with Crippen LogP contribution in [0.1, 0.15) is 6.92 Å². The molecule has 0 aromatic carbocycles. The summed E-state index contributed by atoms with van der Waals surface area (Å²) in [7, 11) is 0. The normalized spacial score (nSPS) is 41.3. The van der Waals surface area contributed by atoms with Crippen LogP contribution in [-0.4, -0.2) is 63.6 Å². The zero-order valence-corrected chi connectivity index (χ0v) is 8.20. The van der Waals surface area contributed by atoms with Crippen LogP contribution in [0.2, 0.25) is 0 Å². The summed E-state index contributed by atoms with van der Waals surface area (Å²) < 4.78 is 4.81. The Bertz CT molecular complexity index is 235. The molecule has 1 aliphatic rings. The van der Waals surface area contributed by atoms with Gasteiger partial charge >= 0.3 is 0 Å². The lowest BCUT2D eigenvalue weighted by atomic mass is 9.97. The molecule has 5 atom stereocenters. The zero-order valence-electron chi connectivity index (χ0n) is 8.20. The van der Waals surface area contributed by atoms with Crippen LogP contribution >= 0.6 is 0 Å². The quantitative estimate of drug-likeness (QED) is 0.337. The first kappa shape index (κ1) is 12.3. The van der Waals surface area contributed by atoms with Crippen LogP contribution < -0.4 is 5.32 Å². The number of carbonyl (C=O) groups excluding carboxylic acids is 1. The third-order valence-electron chi connectivity index (χ3n) is 2.27. The first-order valence-corrected chi connectivity index (χ1v) is 4.55. The van der Waals surface area contributed by atoms with E-state index in [1.165, 1.54) is 6.92 Å². The van der Waals surface area contributed by atoms with Gasteiger partial charge in [-0.25, -0.2) is 0 Å². The van der Waals surface area contributed by atoms with Gasteiger partial charge in [0.15, 0.2) is 6.29 Å². The fourth-order valence-electron chi connectivity index (χ4n) is 1.49. The number of rotatable bonds is 2. The molecule has 1 aliphatic heterocycles. The molecule has 7 heteroatoms. The van der Waals surface area contributed by atoms with Crippen molar-refractivity contribution in [2.75, 3.05) is 6.61 Å². The van der Waals surface area contributed by atoms with Gasteiger partial charge in [0.05, 0.1) is 6.61 Å². The molecule has 1 saturated heterocycles. The molecule has 0 spiro atoms. The zero-order chi connectivity index (χ0) is 11.6. The Hall–Kier alpha value is -0.730. The molecule has 1 heterocycles. The monoisotopic (exact) mass is 221 g/mol. The van der Waals surface area contributed by atoms with E-state index in [1.54, 1.807) is 0 Å². The highest BCUT2D eigenvalue weighted by atomic mass is 16.6. The summed E-state index contributed by atoms with van der Waals surface area (Å²) in [6.45, 7) is 0.687. The number of hydrogen-bond acceptors (Lipinski definition) is 6. The molecule has 0 radical (unpaired) electrons. The highest BCUT2D eigenvalue weighted by Gasteiger charge is 2.43. The maximum Gasteiger partial charge on any atom is 0.217 e. The number of aliphatic hydroxyl groups is 4. The van der Waals surface area contributed by atoms with Crippen molar-refractivity contribution < 1.29 is 30.0 Å². The summed E-state index contributed by atoms with van der Waals surface area (Å²) in [6.07, 6.45) is -5.24. The average Bonchev–Trinajstić information content (AvgIpc) is 2.18. The van der Waals surface area contributed by atoms with Crippen molar-refractivity contribution in [3.8, 4) is 0 Å². The van der Waals surface area contributed by atoms with Gasteiger partial charge < -0.3 is 30.5 Å². The largest absolute Gasteiger partial charge is 0.394 e. The van der Waals surface area contributed by atoms with E-state index in [1.807, 2.05) is 0 Å². The van der Waals surface area contributed by atoms with Gasteiger partial charge in [0.2, 0.25) is 5.91 Å². The maximum absolute atomic E-state index is 10.7. The molecule has 0 bridgehead atoms. The van der Waals surface area contributed by atoms with E-state index in [0.29, 0.717) is 0 Å². The summed E-state index contributed by atoms with van der Waals surface area (Å²) in [5, 5.41) is 39.4. The summed E-state index contributed by atoms with van der Waals surface area (Å²) in [5.74, 6) is -0.462. The lowest BCUT2D eigenvalue weighted by molar-refractivity contribution is -0.253. The second kappa shape index (κ2) is 4.86. The highest BCUT2D eigenvalue weighted by molar-refractivity contribution is 5.73. The Kier molecular flexibility index (Phi) is 4.00. The molecule has 7 nitrogen and oxygen atoms in total. The Morgan fingerprint density at radius 3 is 2.40 bits per heavy atom. The number of amides is 1. The van der Waals surface area contributed by atoms with E-state index in [2.05, 4.69) is 5.32 Å². The molecule has 15 heavy (non-hydrogen) atoms. The minimum absolute atomic E-state index is 0.462. The van der Waals surface area contributed by atoms with Gasteiger partial charge in [-0.2, -0.15) is 0 Å². The van der Waals surface area contributed by atoms with Crippen LogP contribution in [-0.2, 0) is 9.53 Å². The molecule has 1 fully saturated rings. The molecule has 88 valence electrons.